The molecule has 0 aliphatic carbocycles. The third-order valence-electron chi connectivity index (χ3n) is 5.79. The average Bonchev–Trinajstić information content (AvgIpc) is 2.70. The van der Waals surface area contributed by atoms with E-state index in [0.717, 1.165) is 37.8 Å². The first-order valence-electron chi connectivity index (χ1n) is 10.4. The molecule has 27 heavy (non-hydrogen) atoms. The molecule has 1 atom stereocenters. The van der Waals surface area contributed by atoms with E-state index < -0.39 is 5.60 Å². The average molecular weight is 370 g/mol. The summed E-state index contributed by atoms with van der Waals surface area (Å²) in [7, 11) is 0. The number of rotatable bonds is 9. The summed E-state index contributed by atoms with van der Waals surface area (Å²) >= 11 is 0. The van der Waals surface area contributed by atoms with Crippen LogP contribution in [0.15, 0.2) is 54.6 Å². The van der Waals surface area contributed by atoms with E-state index in [1.54, 1.807) is 12.1 Å². The van der Waals surface area contributed by atoms with Crippen molar-refractivity contribution in [2.45, 2.75) is 57.0 Å². The molecule has 1 fully saturated rings. The molecule has 1 heterocycles. The molecular weight excluding hydrogens is 337 g/mol. The number of nitrogens with zero attached hydrogens (tertiary/aromatic N) is 1. The van der Waals surface area contributed by atoms with Crippen molar-refractivity contribution < 1.29 is 9.50 Å². The summed E-state index contributed by atoms with van der Waals surface area (Å²) < 4.78 is 13.4. The highest BCUT2D eigenvalue weighted by molar-refractivity contribution is 5.23. The minimum atomic E-state index is -0.877. The van der Waals surface area contributed by atoms with Gasteiger partial charge in [0.2, 0.25) is 0 Å². The fourth-order valence-corrected chi connectivity index (χ4v) is 4.18. The molecule has 3 rings (SSSR count). The van der Waals surface area contributed by atoms with E-state index in [0.29, 0.717) is 6.42 Å². The van der Waals surface area contributed by atoms with Crippen molar-refractivity contribution >= 4 is 0 Å². The zero-order valence-electron chi connectivity index (χ0n) is 16.2. The number of hydrogen-bond donors (Lipinski definition) is 1. The van der Waals surface area contributed by atoms with Crippen LogP contribution >= 0.6 is 0 Å². The maximum absolute atomic E-state index is 13.4. The monoisotopic (exact) mass is 369 g/mol. The normalized spacial score (nSPS) is 17.6. The van der Waals surface area contributed by atoms with Crippen molar-refractivity contribution in [3.05, 3.63) is 71.5 Å². The van der Waals surface area contributed by atoms with E-state index in [9.17, 15) is 9.50 Å². The third kappa shape index (κ3) is 6.15. The SMILES string of the molecule is OC(CCCc1ccccc1)(CCCN1CCCCC1)c1ccc(F)cc1. The van der Waals surface area contributed by atoms with Crippen molar-refractivity contribution in [2.75, 3.05) is 19.6 Å². The number of piperidine rings is 1. The highest BCUT2D eigenvalue weighted by Crippen LogP contribution is 2.32. The maximum atomic E-state index is 13.4. The number of hydrogen-bond acceptors (Lipinski definition) is 2. The summed E-state index contributed by atoms with van der Waals surface area (Å²) in [6.07, 6.45) is 8.20. The second kappa shape index (κ2) is 10.0. The standard InChI is InChI=1S/C24H32FNO/c25-23-14-12-22(13-15-23)24(27,16-7-11-21-9-3-1-4-10-21)17-8-20-26-18-5-2-6-19-26/h1,3-4,9-10,12-15,27H,2,5-8,11,16-20H2. The Morgan fingerprint density at radius 3 is 2.22 bits per heavy atom. The van der Waals surface area contributed by atoms with E-state index in [1.165, 1.54) is 50.0 Å². The highest BCUT2D eigenvalue weighted by Gasteiger charge is 2.28. The Morgan fingerprint density at radius 1 is 0.852 bits per heavy atom. The molecule has 1 aliphatic heterocycles. The first kappa shape index (κ1) is 20.0. The van der Waals surface area contributed by atoms with Gasteiger partial charge in [-0.2, -0.15) is 0 Å². The lowest BCUT2D eigenvalue weighted by atomic mass is 9.84. The Bertz CT molecular complexity index is 667. The van der Waals surface area contributed by atoms with Crippen LogP contribution in [0.4, 0.5) is 4.39 Å². The van der Waals surface area contributed by atoms with Gasteiger partial charge in [-0.25, -0.2) is 4.39 Å². The first-order chi connectivity index (χ1) is 13.2. The summed E-state index contributed by atoms with van der Waals surface area (Å²) in [6.45, 7) is 3.41. The Hall–Kier alpha value is -1.71. The second-order valence-electron chi connectivity index (χ2n) is 7.88. The Balaban J connectivity index is 1.59. The summed E-state index contributed by atoms with van der Waals surface area (Å²) in [5.74, 6) is -0.251. The van der Waals surface area contributed by atoms with Gasteiger partial charge in [0.1, 0.15) is 5.82 Å². The Labute approximate surface area is 163 Å². The van der Waals surface area contributed by atoms with Gasteiger partial charge in [-0.15, -0.1) is 0 Å². The van der Waals surface area contributed by atoms with Crippen molar-refractivity contribution in [1.82, 2.24) is 4.90 Å². The van der Waals surface area contributed by atoms with Gasteiger partial charge in [-0.1, -0.05) is 48.9 Å². The van der Waals surface area contributed by atoms with Crippen LogP contribution in [0.5, 0.6) is 0 Å². The first-order valence-corrected chi connectivity index (χ1v) is 10.4. The van der Waals surface area contributed by atoms with Crippen LogP contribution in [0.1, 0.15) is 56.1 Å². The minimum absolute atomic E-state index is 0.251. The highest BCUT2D eigenvalue weighted by atomic mass is 19.1. The number of aryl methyl sites for hydroxylation is 1. The van der Waals surface area contributed by atoms with Crippen molar-refractivity contribution in [2.24, 2.45) is 0 Å². The van der Waals surface area contributed by atoms with Crippen molar-refractivity contribution in [3.8, 4) is 0 Å². The molecule has 2 nitrogen and oxygen atoms in total. The molecular formula is C24H32FNO. The Kier molecular flexibility index (Phi) is 7.42. The largest absolute Gasteiger partial charge is 0.385 e. The lowest BCUT2D eigenvalue weighted by Gasteiger charge is -2.31. The van der Waals surface area contributed by atoms with Gasteiger partial charge in [0.25, 0.3) is 0 Å². The second-order valence-corrected chi connectivity index (χ2v) is 7.88. The van der Waals surface area contributed by atoms with E-state index >= 15 is 0 Å². The zero-order valence-corrected chi connectivity index (χ0v) is 16.2. The zero-order chi connectivity index (χ0) is 19.0. The molecule has 146 valence electrons. The van der Waals surface area contributed by atoms with Crippen molar-refractivity contribution in [3.63, 3.8) is 0 Å². The predicted molar refractivity (Wildman–Crippen MR) is 109 cm³/mol. The molecule has 0 spiro atoms. The molecule has 1 unspecified atom stereocenters. The number of benzene rings is 2. The molecule has 3 heteroatoms. The van der Waals surface area contributed by atoms with Gasteiger partial charge in [-0.3, -0.25) is 0 Å². The van der Waals surface area contributed by atoms with Gasteiger partial charge < -0.3 is 10.0 Å². The number of halogens is 1. The molecule has 1 saturated heterocycles. The lowest BCUT2D eigenvalue weighted by molar-refractivity contribution is 0.0116. The van der Waals surface area contributed by atoms with Crippen LogP contribution in [0.25, 0.3) is 0 Å². The fourth-order valence-electron chi connectivity index (χ4n) is 4.18. The molecule has 0 amide bonds. The van der Waals surface area contributed by atoms with Crippen LogP contribution < -0.4 is 0 Å². The molecule has 2 aromatic rings. The molecule has 1 N–H and O–H groups in total. The number of likely N-dealkylation sites (tertiary alicyclic amines) is 1. The summed E-state index contributed by atoms with van der Waals surface area (Å²) in [6, 6.07) is 16.8. The van der Waals surface area contributed by atoms with Crippen LogP contribution in [-0.2, 0) is 12.0 Å². The maximum Gasteiger partial charge on any atom is 0.123 e. The lowest BCUT2D eigenvalue weighted by Crippen LogP contribution is -2.33. The van der Waals surface area contributed by atoms with E-state index in [2.05, 4.69) is 29.2 Å². The summed E-state index contributed by atoms with van der Waals surface area (Å²) in [5.41, 5.74) is 1.26. The minimum Gasteiger partial charge on any atom is -0.385 e. The van der Waals surface area contributed by atoms with Gasteiger partial charge in [0.15, 0.2) is 0 Å². The molecule has 0 bridgehead atoms. The molecule has 0 radical (unpaired) electrons. The third-order valence-corrected chi connectivity index (χ3v) is 5.79. The fraction of sp³-hybridized carbons (Fsp3) is 0.500. The number of aliphatic hydroxyl groups is 1. The molecule has 1 aliphatic rings. The quantitative estimate of drug-likeness (QED) is 0.648. The van der Waals surface area contributed by atoms with Crippen LogP contribution in [0.3, 0.4) is 0 Å². The van der Waals surface area contributed by atoms with Gasteiger partial charge in [0, 0.05) is 0 Å². The van der Waals surface area contributed by atoms with Crippen LogP contribution in [0, 0.1) is 5.82 Å². The van der Waals surface area contributed by atoms with Gasteiger partial charge in [-0.05, 0) is 87.8 Å². The molecule has 0 aromatic heterocycles. The van der Waals surface area contributed by atoms with E-state index in [1.807, 2.05) is 6.07 Å². The predicted octanol–water partition coefficient (Wildman–Crippen LogP) is 5.30. The topological polar surface area (TPSA) is 23.5 Å². The van der Waals surface area contributed by atoms with E-state index in [4.69, 9.17) is 0 Å². The molecule has 0 saturated carbocycles. The van der Waals surface area contributed by atoms with Crippen LogP contribution in [-0.4, -0.2) is 29.6 Å². The van der Waals surface area contributed by atoms with E-state index in [-0.39, 0.29) is 5.82 Å². The summed E-state index contributed by atoms with van der Waals surface area (Å²) in [5, 5.41) is 11.4. The molecule has 2 aromatic carbocycles. The van der Waals surface area contributed by atoms with Crippen molar-refractivity contribution in [1.29, 1.82) is 0 Å². The Morgan fingerprint density at radius 2 is 1.52 bits per heavy atom. The van der Waals surface area contributed by atoms with Crippen LogP contribution in [0.2, 0.25) is 0 Å². The smallest absolute Gasteiger partial charge is 0.123 e. The summed E-state index contributed by atoms with van der Waals surface area (Å²) in [4.78, 5) is 2.51. The van der Waals surface area contributed by atoms with Gasteiger partial charge >= 0.3 is 0 Å². The van der Waals surface area contributed by atoms with Gasteiger partial charge in [0.05, 0.1) is 5.60 Å².